The fourth-order valence-corrected chi connectivity index (χ4v) is 6.52. The van der Waals surface area contributed by atoms with Crippen LogP contribution in [-0.2, 0) is 13.2 Å². The van der Waals surface area contributed by atoms with Crippen molar-refractivity contribution < 1.29 is 9.47 Å². The van der Waals surface area contributed by atoms with Gasteiger partial charge in [-0.2, -0.15) is 0 Å². The van der Waals surface area contributed by atoms with Crippen LogP contribution in [0, 0.1) is 23.7 Å². The number of nitrogens with one attached hydrogen (secondary N) is 1. The van der Waals surface area contributed by atoms with Gasteiger partial charge in [-0.05, 0) is 67.4 Å². The Balaban J connectivity index is 1.33. The molecule has 4 bridgehead atoms. The third-order valence-corrected chi connectivity index (χ3v) is 7.52. The van der Waals surface area contributed by atoms with Crippen molar-refractivity contribution in [2.24, 2.45) is 23.7 Å². The lowest BCUT2D eigenvalue weighted by Gasteiger charge is -2.54. The Morgan fingerprint density at radius 2 is 1.66 bits per heavy atom. The summed E-state index contributed by atoms with van der Waals surface area (Å²) in [5, 5.41) is 4.59. The van der Waals surface area contributed by atoms with Crippen molar-refractivity contribution in [2.75, 3.05) is 7.11 Å². The maximum atomic E-state index is 6.40. The summed E-state index contributed by atoms with van der Waals surface area (Å²) in [6, 6.07) is 14.7. The number of ether oxygens (including phenoxy) is 2. The van der Waals surface area contributed by atoms with Gasteiger partial charge in [0.25, 0.3) is 0 Å². The largest absolute Gasteiger partial charge is 0.493 e. The van der Waals surface area contributed by atoms with Crippen LogP contribution in [0.1, 0.15) is 43.2 Å². The molecule has 4 aliphatic rings. The number of hydrogen-bond donors (Lipinski definition) is 1. The lowest BCUT2D eigenvalue weighted by molar-refractivity contribution is -0.0143. The van der Waals surface area contributed by atoms with E-state index < -0.39 is 0 Å². The Morgan fingerprint density at radius 3 is 2.31 bits per heavy atom. The van der Waals surface area contributed by atoms with Crippen LogP contribution in [0.15, 0.2) is 42.5 Å². The molecule has 4 heteroatoms. The zero-order valence-corrected chi connectivity index (χ0v) is 17.8. The summed E-state index contributed by atoms with van der Waals surface area (Å²) >= 11 is 6.40. The molecule has 0 aromatic heterocycles. The van der Waals surface area contributed by atoms with Crippen molar-refractivity contribution in [1.82, 2.24) is 5.32 Å². The van der Waals surface area contributed by atoms with Crippen molar-refractivity contribution >= 4 is 11.6 Å². The number of halogens is 1. The molecule has 0 amide bonds. The smallest absolute Gasteiger partial charge is 0.166 e. The van der Waals surface area contributed by atoms with Gasteiger partial charge in [-0.1, -0.05) is 41.9 Å². The molecule has 4 saturated carbocycles. The first-order chi connectivity index (χ1) is 14.2. The molecule has 4 fully saturated rings. The van der Waals surface area contributed by atoms with Crippen LogP contribution in [-0.4, -0.2) is 13.2 Å². The summed E-state index contributed by atoms with van der Waals surface area (Å²) in [5.41, 5.74) is 2.23. The van der Waals surface area contributed by atoms with Gasteiger partial charge in [0.1, 0.15) is 6.61 Å². The van der Waals surface area contributed by atoms with E-state index in [4.69, 9.17) is 21.1 Å². The van der Waals surface area contributed by atoms with Gasteiger partial charge in [0.15, 0.2) is 11.5 Å². The maximum absolute atomic E-state index is 6.40. The first kappa shape index (κ1) is 19.3. The predicted molar refractivity (Wildman–Crippen MR) is 116 cm³/mol. The molecule has 4 aliphatic carbocycles. The van der Waals surface area contributed by atoms with E-state index in [0.29, 0.717) is 23.4 Å². The number of benzene rings is 2. The van der Waals surface area contributed by atoms with Crippen LogP contribution in [0.2, 0.25) is 5.02 Å². The second kappa shape index (κ2) is 8.20. The molecule has 0 heterocycles. The maximum Gasteiger partial charge on any atom is 0.166 e. The summed E-state index contributed by atoms with van der Waals surface area (Å²) in [7, 11) is 1.68. The van der Waals surface area contributed by atoms with E-state index in [9.17, 15) is 0 Å². The molecule has 2 aromatic carbocycles. The Kier molecular flexibility index (Phi) is 5.45. The van der Waals surface area contributed by atoms with E-state index in [2.05, 4.69) is 17.4 Å². The van der Waals surface area contributed by atoms with Crippen LogP contribution in [0.5, 0.6) is 11.5 Å². The van der Waals surface area contributed by atoms with E-state index in [1.165, 1.54) is 32.1 Å². The average Bonchev–Trinajstić information content (AvgIpc) is 2.72. The van der Waals surface area contributed by atoms with Crippen molar-refractivity contribution in [2.45, 2.75) is 51.3 Å². The Labute approximate surface area is 178 Å². The molecule has 0 unspecified atom stereocenters. The fourth-order valence-electron chi connectivity index (χ4n) is 6.29. The van der Waals surface area contributed by atoms with Crippen molar-refractivity contribution in [3.05, 3.63) is 58.6 Å². The topological polar surface area (TPSA) is 30.5 Å². The summed E-state index contributed by atoms with van der Waals surface area (Å²) in [5.74, 6) is 5.19. The molecule has 29 heavy (non-hydrogen) atoms. The third kappa shape index (κ3) is 4.00. The van der Waals surface area contributed by atoms with E-state index in [-0.39, 0.29) is 0 Å². The Morgan fingerprint density at radius 1 is 0.966 bits per heavy atom. The minimum absolute atomic E-state index is 0.518. The van der Waals surface area contributed by atoms with Crippen LogP contribution in [0.4, 0.5) is 0 Å². The summed E-state index contributed by atoms with van der Waals surface area (Å²) in [6.07, 6.45) is 7.16. The summed E-state index contributed by atoms with van der Waals surface area (Å²) < 4.78 is 11.8. The first-order valence-electron chi connectivity index (χ1n) is 11.0. The highest BCUT2D eigenvalue weighted by atomic mass is 35.5. The van der Waals surface area contributed by atoms with Gasteiger partial charge in [-0.15, -0.1) is 0 Å². The highest BCUT2D eigenvalue weighted by Crippen LogP contribution is 2.53. The lowest BCUT2D eigenvalue weighted by Crippen LogP contribution is -2.54. The van der Waals surface area contributed by atoms with Crippen LogP contribution >= 0.6 is 11.6 Å². The molecule has 0 saturated heterocycles. The Bertz CT molecular complexity index is 825. The van der Waals surface area contributed by atoms with Crippen molar-refractivity contribution in [3.8, 4) is 11.5 Å². The van der Waals surface area contributed by atoms with Gasteiger partial charge in [0, 0.05) is 29.2 Å². The Hall–Kier alpha value is -1.71. The third-order valence-electron chi connectivity index (χ3n) is 7.30. The molecule has 2 aromatic rings. The van der Waals surface area contributed by atoms with E-state index in [1.54, 1.807) is 7.11 Å². The number of hydrogen-bond acceptors (Lipinski definition) is 3. The molecule has 1 N–H and O–H groups in total. The highest BCUT2D eigenvalue weighted by molar-refractivity contribution is 6.30. The standard InChI is InChI=1S/C25H30ClNO2/c1-28-23-13-22(26)12-21(25(23)29-15-16-5-3-2-4-6-16)14-27-24-19-8-17-7-18(10-19)11-20(24)9-17/h2-6,12-13,17-20,24,27H,7-11,14-15H2,1H3. The molecule has 154 valence electrons. The van der Waals surface area contributed by atoms with Gasteiger partial charge in [0.2, 0.25) is 0 Å². The predicted octanol–water partition coefficient (Wildman–Crippen LogP) is 5.84. The van der Waals surface area contributed by atoms with Crippen molar-refractivity contribution in [3.63, 3.8) is 0 Å². The molecule has 0 radical (unpaired) electrons. The zero-order chi connectivity index (χ0) is 19.8. The second-order valence-corrected chi connectivity index (χ2v) is 9.64. The quantitative estimate of drug-likeness (QED) is 0.620. The minimum atomic E-state index is 0.518. The van der Waals surface area contributed by atoms with Crippen LogP contribution < -0.4 is 14.8 Å². The average molecular weight is 412 g/mol. The molecule has 6 rings (SSSR count). The molecule has 3 nitrogen and oxygen atoms in total. The molecule has 0 spiro atoms. The summed E-state index contributed by atoms with van der Waals surface area (Å²) in [6.45, 7) is 1.29. The van der Waals surface area contributed by atoms with Gasteiger partial charge in [0.05, 0.1) is 7.11 Å². The molecular weight excluding hydrogens is 382 g/mol. The van der Waals surface area contributed by atoms with E-state index in [0.717, 1.165) is 47.1 Å². The molecule has 0 aliphatic heterocycles. The highest BCUT2D eigenvalue weighted by Gasteiger charge is 2.47. The zero-order valence-electron chi connectivity index (χ0n) is 17.1. The van der Waals surface area contributed by atoms with Crippen LogP contribution in [0.3, 0.4) is 0 Å². The first-order valence-corrected chi connectivity index (χ1v) is 11.3. The van der Waals surface area contributed by atoms with E-state index in [1.807, 2.05) is 30.3 Å². The lowest BCUT2D eigenvalue weighted by atomic mass is 9.54. The fraction of sp³-hybridized carbons (Fsp3) is 0.520. The monoisotopic (exact) mass is 411 g/mol. The van der Waals surface area contributed by atoms with Crippen molar-refractivity contribution in [1.29, 1.82) is 0 Å². The van der Waals surface area contributed by atoms with Gasteiger partial charge < -0.3 is 14.8 Å². The van der Waals surface area contributed by atoms with Crippen LogP contribution in [0.25, 0.3) is 0 Å². The molecular formula is C25H30ClNO2. The molecule has 0 atom stereocenters. The van der Waals surface area contributed by atoms with Gasteiger partial charge in [-0.25, -0.2) is 0 Å². The minimum Gasteiger partial charge on any atom is -0.493 e. The normalized spacial score (nSPS) is 29.8. The SMILES string of the molecule is COc1cc(Cl)cc(CNC2C3CC4CC(C3)CC2C4)c1OCc1ccccc1. The number of methoxy groups -OCH3 is 1. The number of rotatable bonds is 7. The van der Waals surface area contributed by atoms with Gasteiger partial charge >= 0.3 is 0 Å². The van der Waals surface area contributed by atoms with E-state index >= 15 is 0 Å². The summed E-state index contributed by atoms with van der Waals surface area (Å²) in [4.78, 5) is 0. The second-order valence-electron chi connectivity index (χ2n) is 9.21. The van der Waals surface area contributed by atoms with Gasteiger partial charge in [-0.3, -0.25) is 0 Å².